The molecule has 220 valence electrons. The van der Waals surface area contributed by atoms with Crippen molar-refractivity contribution >= 4 is 41.1 Å². The zero-order chi connectivity index (χ0) is 30.2. The third kappa shape index (κ3) is 8.07. The van der Waals surface area contributed by atoms with E-state index < -0.39 is 12.0 Å². The molecule has 0 saturated heterocycles. The number of hydrogen-bond acceptors (Lipinski definition) is 13. The first kappa shape index (κ1) is 30.1. The second kappa shape index (κ2) is 13.6. The smallest absolute Gasteiger partial charge is 0.323 e. The first-order chi connectivity index (χ1) is 20.1. The molecule has 2 aromatic carbocycles. The van der Waals surface area contributed by atoms with Crippen LogP contribution in [0.1, 0.15) is 43.0 Å². The van der Waals surface area contributed by atoms with Crippen molar-refractivity contribution in [3.63, 3.8) is 0 Å². The number of nitrogens with one attached hydrogen (secondary N) is 2. The van der Waals surface area contributed by atoms with Gasteiger partial charge in [0, 0.05) is 11.4 Å². The maximum absolute atomic E-state index is 13.1. The molecule has 13 nitrogen and oxygen atoms in total. The summed E-state index contributed by atoms with van der Waals surface area (Å²) in [5.74, 6) is 1.17. The van der Waals surface area contributed by atoms with Crippen LogP contribution in [0.4, 0.5) is 35.2 Å². The van der Waals surface area contributed by atoms with Crippen molar-refractivity contribution in [2.24, 2.45) is 5.92 Å². The van der Waals surface area contributed by atoms with Crippen LogP contribution in [0.15, 0.2) is 48.5 Å². The van der Waals surface area contributed by atoms with Crippen LogP contribution in [0.2, 0.25) is 0 Å². The molecule has 0 saturated carbocycles. The van der Waals surface area contributed by atoms with Crippen molar-refractivity contribution in [3.05, 3.63) is 71.3 Å². The number of hydrogen-bond donors (Lipinski definition) is 4. The Balaban J connectivity index is 1.67. The summed E-state index contributed by atoms with van der Waals surface area (Å²) in [5, 5.41) is 6.41. The van der Waals surface area contributed by atoms with E-state index in [1.54, 1.807) is 0 Å². The summed E-state index contributed by atoms with van der Waals surface area (Å²) >= 11 is 0. The van der Waals surface area contributed by atoms with E-state index in [0.29, 0.717) is 30.0 Å². The highest BCUT2D eigenvalue weighted by atomic mass is 16.5. The largest absolute Gasteiger partial charge is 0.468 e. The number of methoxy groups -OCH3 is 1. The van der Waals surface area contributed by atoms with Crippen LogP contribution in [0.3, 0.4) is 0 Å². The van der Waals surface area contributed by atoms with Crippen molar-refractivity contribution < 1.29 is 9.53 Å². The molecular formula is C29H37N11O2. The van der Waals surface area contributed by atoms with Crippen molar-refractivity contribution in [1.82, 2.24) is 34.8 Å². The number of para-hydroxylation sites is 2. The third-order valence-electron chi connectivity index (χ3n) is 6.48. The maximum Gasteiger partial charge on any atom is 0.323 e. The summed E-state index contributed by atoms with van der Waals surface area (Å²) in [5.41, 5.74) is 15.9. The number of benzene rings is 2. The van der Waals surface area contributed by atoms with Gasteiger partial charge in [0.15, 0.2) is 0 Å². The van der Waals surface area contributed by atoms with E-state index in [1.807, 2.05) is 81.1 Å². The number of carbonyl (C=O) groups excluding carboxylic acids is 1. The Hall–Kier alpha value is -4.91. The summed E-state index contributed by atoms with van der Waals surface area (Å²) in [6.07, 6.45) is 0.510. The molecule has 0 amide bonds. The van der Waals surface area contributed by atoms with Gasteiger partial charge in [0.25, 0.3) is 0 Å². The number of nitrogens with two attached hydrogens (primary N) is 2. The number of esters is 1. The maximum atomic E-state index is 13.1. The second-order valence-electron chi connectivity index (χ2n) is 10.3. The number of nitrogen functional groups attached to an aromatic ring is 2. The predicted octanol–water partition coefficient (Wildman–Crippen LogP) is 3.91. The highest BCUT2D eigenvalue weighted by Gasteiger charge is 2.30. The van der Waals surface area contributed by atoms with Gasteiger partial charge in [0.05, 0.1) is 20.2 Å². The van der Waals surface area contributed by atoms with E-state index in [9.17, 15) is 4.79 Å². The fraction of sp³-hybridized carbons (Fsp3) is 0.345. The molecule has 2 heterocycles. The topological polar surface area (TPSA) is 183 Å². The Morgan fingerprint density at radius 3 is 1.64 bits per heavy atom. The van der Waals surface area contributed by atoms with E-state index in [1.165, 1.54) is 7.11 Å². The molecule has 0 radical (unpaired) electrons. The Morgan fingerprint density at radius 1 is 0.786 bits per heavy atom. The molecule has 4 rings (SSSR count). The zero-order valence-electron chi connectivity index (χ0n) is 24.5. The second-order valence-corrected chi connectivity index (χ2v) is 10.3. The lowest BCUT2D eigenvalue weighted by molar-refractivity contribution is -0.148. The summed E-state index contributed by atoms with van der Waals surface area (Å²) in [6.45, 7) is 8.28. The van der Waals surface area contributed by atoms with Crippen LogP contribution in [0.5, 0.6) is 0 Å². The van der Waals surface area contributed by atoms with Gasteiger partial charge in [-0.25, -0.2) is 0 Å². The van der Waals surface area contributed by atoms with Crippen molar-refractivity contribution in [1.29, 1.82) is 0 Å². The number of aromatic nitrogens is 6. The van der Waals surface area contributed by atoms with Gasteiger partial charge >= 0.3 is 5.97 Å². The molecule has 13 heteroatoms. The summed E-state index contributed by atoms with van der Waals surface area (Å²) in [4.78, 5) is 41.3. The number of rotatable bonds is 12. The van der Waals surface area contributed by atoms with Gasteiger partial charge in [-0.1, -0.05) is 50.2 Å². The van der Waals surface area contributed by atoms with Crippen LogP contribution < -0.4 is 22.1 Å². The first-order valence-electron chi connectivity index (χ1n) is 13.6. The molecule has 2 aromatic heterocycles. The van der Waals surface area contributed by atoms with Gasteiger partial charge in [-0.05, 0) is 49.4 Å². The lowest BCUT2D eigenvalue weighted by Crippen LogP contribution is -2.42. The monoisotopic (exact) mass is 571 g/mol. The number of ether oxygens (including phenoxy) is 1. The van der Waals surface area contributed by atoms with Crippen molar-refractivity contribution in [2.45, 2.75) is 53.2 Å². The molecule has 4 aromatic rings. The van der Waals surface area contributed by atoms with E-state index in [0.717, 1.165) is 22.5 Å². The van der Waals surface area contributed by atoms with Crippen LogP contribution in [-0.2, 0) is 22.6 Å². The Morgan fingerprint density at radius 2 is 1.24 bits per heavy atom. The highest BCUT2D eigenvalue weighted by Crippen LogP contribution is 2.22. The zero-order valence-corrected chi connectivity index (χ0v) is 24.5. The van der Waals surface area contributed by atoms with Gasteiger partial charge in [-0.2, -0.15) is 29.9 Å². The fourth-order valence-corrected chi connectivity index (χ4v) is 4.41. The van der Waals surface area contributed by atoms with E-state index in [4.69, 9.17) is 16.2 Å². The average Bonchev–Trinajstić information content (AvgIpc) is 2.93. The lowest BCUT2D eigenvalue weighted by Gasteiger charge is -2.30. The Labute approximate surface area is 245 Å². The summed E-state index contributed by atoms with van der Waals surface area (Å²) in [7, 11) is 1.37. The molecule has 0 aliphatic heterocycles. The molecule has 42 heavy (non-hydrogen) atoms. The molecule has 0 spiro atoms. The molecule has 6 N–H and O–H groups in total. The Bertz CT molecular complexity index is 1430. The van der Waals surface area contributed by atoms with Crippen LogP contribution in [0, 0.1) is 19.8 Å². The molecule has 1 atom stereocenters. The van der Waals surface area contributed by atoms with Gasteiger partial charge in [-0.15, -0.1) is 0 Å². The average molecular weight is 572 g/mol. The summed E-state index contributed by atoms with van der Waals surface area (Å²) in [6, 6.07) is 14.9. The number of anilines is 6. The van der Waals surface area contributed by atoms with Gasteiger partial charge in [0.2, 0.25) is 23.8 Å². The van der Waals surface area contributed by atoms with Crippen molar-refractivity contribution in [2.75, 3.05) is 29.2 Å². The molecule has 0 bridgehead atoms. The standard InChI is InChI=1S/C29H37N11O2/c1-17(2)14-22(25(41)42-5)40(15-23-34-26(30)38-28(36-23)32-20-12-8-6-10-18(20)3)16-24-35-27(31)39-29(37-24)33-21-13-9-7-11-19(21)4/h6-13,17,22H,14-16H2,1-5H3,(H3,30,32,34,36,38)(H3,31,33,35,37,39)/t22-/m0/s1. The first-order valence-corrected chi connectivity index (χ1v) is 13.6. The lowest BCUT2D eigenvalue weighted by atomic mass is 10.0. The Kier molecular flexibility index (Phi) is 9.76. The molecule has 0 aliphatic rings. The van der Waals surface area contributed by atoms with Crippen LogP contribution >= 0.6 is 0 Å². The number of aryl methyl sites for hydroxylation is 2. The fourth-order valence-electron chi connectivity index (χ4n) is 4.41. The van der Waals surface area contributed by atoms with E-state index >= 15 is 0 Å². The quantitative estimate of drug-likeness (QED) is 0.180. The minimum absolute atomic E-state index is 0.0450. The normalized spacial score (nSPS) is 11.9. The highest BCUT2D eigenvalue weighted by molar-refractivity contribution is 5.75. The molecule has 0 fully saturated rings. The minimum Gasteiger partial charge on any atom is -0.468 e. The van der Waals surface area contributed by atoms with Crippen LogP contribution in [-0.4, -0.2) is 53.9 Å². The van der Waals surface area contributed by atoms with E-state index in [-0.39, 0.29) is 30.9 Å². The van der Waals surface area contributed by atoms with Gasteiger partial charge in [0.1, 0.15) is 17.7 Å². The van der Waals surface area contributed by atoms with Gasteiger partial charge < -0.3 is 26.8 Å². The predicted molar refractivity (Wildman–Crippen MR) is 162 cm³/mol. The van der Waals surface area contributed by atoms with E-state index in [2.05, 4.69) is 40.5 Å². The van der Waals surface area contributed by atoms with Crippen molar-refractivity contribution in [3.8, 4) is 0 Å². The minimum atomic E-state index is -0.647. The van der Waals surface area contributed by atoms with Crippen LogP contribution in [0.25, 0.3) is 0 Å². The third-order valence-corrected chi connectivity index (χ3v) is 6.48. The summed E-state index contributed by atoms with van der Waals surface area (Å²) < 4.78 is 5.19. The van der Waals surface area contributed by atoms with Gasteiger partial charge in [-0.3, -0.25) is 9.69 Å². The SMILES string of the molecule is COC(=O)[C@H](CC(C)C)N(Cc1nc(N)nc(Nc2ccccc2C)n1)Cc1nc(N)nc(Nc2ccccc2C)n1. The molecule has 0 unspecified atom stereocenters. The molecule has 0 aliphatic carbocycles. The molecular weight excluding hydrogens is 534 g/mol. The number of nitrogens with zero attached hydrogens (tertiary/aromatic N) is 7. The number of carbonyl (C=O) groups is 1.